The maximum atomic E-state index is 12.8. The number of nitrogens with one attached hydrogen (secondary N) is 2. The van der Waals surface area contributed by atoms with Crippen molar-refractivity contribution in [2.24, 2.45) is 0 Å². The Labute approximate surface area is 187 Å². The van der Waals surface area contributed by atoms with Gasteiger partial charge in [0.15, 0.2) is 0 Å². The lowest BCUT2D eigenvalue weighted by molar-refractivity contribution is -0.393. The van der Waals surface area contributed by atoms with Crippen LogP contribution in [-0.2, 0) is 20.0 Å². The van der Waals surface area contributed by atoms with Gasteiger partial charge in [-0.2, -0.15) is 0 Å². The van der Waals surface area contributed by atoms with Crippen LogP contribution in [0, 0.1) is 20.2 Å². The molecule has 15 heteroatoms. The van der Waals surface area contributed by atoms with Crippen LogP contribution in [0.4, 0.5) is 28.4 Å². The number of nitrogens with zero attached hydrogens (tertiary/aromatic N) is 2. The molecule has 4 N–H and O–H groups in total. The first-order valence-corrected chi connectivity index (χ1v) is 11.8. The van der Waals surface area contributed by atoms with E-state index in [0.717, 1.165) is 30.3 Å². The highest BCUT2D eigenvalue weighted by molar-refractivity contribution is 8.04. The van der Waals surface area contributed by atoms with Crippen LogP contribution in [0.2, 0.25) is 0 Å². The van der Waals surface area contributed by atoms with E-state index in [4.69, 9.17) is 5.73 Å². The van der Waals surface area contributed by atoms with Crippen molar-refractivity contribution in [1.29, 1.82) is 0 Å². The van der Waals surface area contributed by atoms with Crippen molar-refractivity contribution < 1.29 is 26.7 Å². The van der Waals surface area contributed by atoms with Crippen LogP contribution in [0.25, 0.3) is 0 Å². The Morgan fingerprint density at radius 3 is 2.06 bits per heavy atom. The zero-order valence-electron chi connectivity index (χ0n) is 16.4. The lowest BCUT2D eigenvalue weighted by Gasteiger charge is -2.13. The maximum absolute atomic E-state index is 12.8. The predicted molar refractivity (Wildman–Crippen MR) is 118 cm³/mol. The van der Waals surface area contributed by atoms with Crippen molar-refractivity contribution in [3.05, 3.63) is 87.0 Å². The van der Waals surface area contributed by atoms with Crippen molar-refractivity contribution in [3.8, 4) is 0 Å². The second-order valence-corrected chi connectivity index (χ2v) is 10.1. The average Bonchev–Trinajstić information content (AvgIpc) is 2.75. The third-order valence-electron chi connectivity index (χ3n) is 4.24. The molecule has 0 saturated heterocycles. The fourth-order valence-electron chi connectivity index (χ4n) is 2.73. The molecule has 3 aromatic carbocycles. The van der Waals surface area contributed by atoms with Gasteiger partial charge < -0.3 is 11.1 Å². The van der Waals surface area contributed by atoms with Gasteiger partial charge in [-0.05, 0) is 36.4 Å². The summed E-state index contributed by atoms with van der Waals surface area (Å²) in [5, 5.41) is 24.8. The number of hydrogen-bond donors (Lipinski definition) is 3. The maximum Gasteiger partial charge on any atom is 0.299 e. The van der Waals surface area contributed by atoms with Crippen LogP contribution in [-0.4, -0.2) is 26.7 Å². The summed E-state index contributed by atoms with van der Waals surface area (Å²) in [6.07, 6.45) is 0. The van der Waals surface area contributed by atoms with Gasteiger partial charge in [-0.3, -0.25) is 20.2 Å². The fourth-order valence-corrected chi connectivity index (χ4v) is 5.80. The number of sulfonamides is 2. The molecule has 0 aliphatic heterocycles. The van der Waals surface area contributed by atoms with Crippen LogP contribution in [0.3, 0.4) is 0 Å². The Bertz CT molecular complexity index is 1460. The van der Waals surface area contributed by atoms with Crippen molar-refractivity contribution in [1.82, 2.24) is 4.13 Å². The normalized spacial score (nSPS) is 11.6. The standard InChI is InChI=1S/C18H15N5O8S2/c19-15-8-6-12(20-16-9-7-13(22(24)25)11-17(16)23(26)27)10-18(15)33(30,31)21-32(28,29)14-4-2-1-3-5-14/h1-11,20-21H,19H2. The van der Waals surface area contributed by atoms with Crippen LogP contribution >= 0.6 is 0 Å². The van der Waals surface area contributed by atoms with Gasteiger partial charge in [-0.1, -0.05) is 18.2 Å². The number of nitrogens with two attached hydrogens (primary N) is 1. The smallest absolute Gasteiger partial charge is 0.299 e. The minimum atomic E-state index is -4.68. The van der Waals surface area contributed by atoms with Gasteiger partial charge in [-0.15, -0.1) is 4.13 Å². The number of nitrogen functional groups attached to an aromatic ring is 1. The van der Waals surface area contributed by atoms with E-state index in [1.165, 1.54) is 30.3 Å². The van der Waals surface area contributed by atoms with Gasteiger partial charge >= 0.3 is 0 Å². The summed E-state index contributed by atoms with van der Waals surface area (Å²) in [5.74, 6) is 0. The molecule has 0 amide bonds. The van der Waals surface area contributed by atoms with E-state index in [-0.39, 0.29) is 22.0 Å². The lowest BCUT2D eigenvalue weighted by atomic mass is 10.2. The summed E-state index contributed by atoms with van der Waals surface area (Å²) in [5.41, 5.74) is 4.14. The zero-order chi connectivity index (χ0) is 24.4. The molecule has 0 aliphatic carbocycles. The van der Waals surface area contributed by atoms with Gasteiger partial charge in [0.1, 0.15) is 10.6 Å². The third kappa shape index (κ3) is 5.22. The fraction of sp³-hybridized carbons (Fsp3) is 0. The molecular formula is C18H15N5O8S2. The minimum absolute atomic E-state index is 0.00126. The summed E-state index contributed by atoms with van der Waals surface area (Å²) < 4.78 is 52.0. The van der Waals surface area contributed by atoms with Gasteiger partial charge in [0.2, 0.25) is 0 Å². The van der Waals surface area contributed by atoms with E-state index in [1.54, 1.807) is 10.2 Å². The van der Waals surface area contributed by atoms with E-state index in [2.05, 4.69) is 5.32 Å². The zero-order valence-corrected chi connectivity index (χ0v) is 18.0. The highest BCUT2D eigenvalue weighted by Gasteiger charge is 2.27. The Balaban J connectivity index is 1.98. The van der Waals surface area contributed by atoms with Crippen molar-refractivity contribution in [3.63, 3.8) is 0 Å². The van der Waals surface area contributed by atoms with E-state index < -0.39 is 46.2 Å². The number of anilines is 3. The molecule has 0 atom stereocenters. The summed E-state index contributed by atoms with van der Waals surface area (Å²) in [4.78, 5) is 19.6. The number of hydrogen-bond acceptors (Lipinski definition) is 10. The molecule has 13 nitrogen and oxygen atoms in total. The molecule has 3 rings (SSSR count). The van der Waals surface area contributed by atoms with Gasteiger partial charge in [0.25, 0.3) is 31.4 Å². The average molecular weight is 493 g/mol. The van der Waals surface area contributed by atoms with E-state index in [0.29, 0.717) is 0 Å². The Morgan fingerprint density at radius 2 is 1.45 bits per heavy atom. The quantitative estimate of drug-likeness (QED) is 0.237. The molecule has 3 aromatic rings. The number of nitro benzene ring substituents is 2. The molecular weight excluding hydrogens is 478 g/mol. The largest absolute Gasteiger partial charge is 0.398 e. The molecule has 0 fully saturated rings. The molecule has 0 radical (unpaired) electrons. The molecule has 0 aromatic heterocycles. The number of nitro groups is 2. The Hall–Kier alpha value is -4.08. The molecule has 172 valence electrons. The third-order valence-corrected chi connectivity index (χ3v) is 7.82. The highest BCUT2D eigenvalue weighted by atomic mass is 32.3. The van der Waals surface area contributed by atoms with E-state index >= 15 is 0 Å². The second kappa shape index (κ2) is 8.81. The Kier molecular flexibility index (Phi) is 6.30. The summed E-state index contributed by atoms with van der Waals surface area (Å²) in [6, 6.07) is 13.1. The van der Waals surface area contributed by atoms with Crippen molar-refractivity contribution >= 4 is 48.5 Å². The molecule has 0 unspecified atom stereocenters. The van der Waals surface area contributed by atoms with Gasteiger partial charge in [0, 0.05) is 11.8 Å². The number of non-ortho nitro benzene ring substituents is 1. The van der Waals surface area contributed by atoms with E-state index in [1.807, 2.05) is 0 Å². The molecule has 0 heterocycles. The highest BCUT2D eigenvalue weighted by Crippen LogP contribution is 2.33. The summed E-state index contributed by atoms with van der Waals surface area (Å²) in [7, 11) is -9.13. The van der Waals surface area contributed by atoms with Gasteiger partial charge in [0.05, 0.1) is 26.5 Å². The molecule has 0 aliphatic rings. The monoisotopic (exact) mass is 493 g/mol. The molecule has 0 spiro atoms. The summed E-state index contributed by atoms with van der Waals surface area (Å²) in [6.45, 7) is 0. The first-order valence-electron chi connectivity index (χ1n) is 8.84. The minimum Gasteiger partial charge on any atom is -0.398 e. The molecule has 0 saturated carbocycles. The molecule has 0 bridgehead atoms. The van der Waals surface area contributed by atoms with E-state index in [9.17, 15) is 37.1 Å². The van der Waals surface area contributed by atoms with Crippen LogP contribution in [0.5, 0.6) is 0 Å². The first-order chi connectivity index (χ1) is 15.4. The van der Waals surface area contributed by atoms with Crippen LogP contribution in [0.15, 0.2) is 76.5 Å². The van der Waals surface area contributed by atoms with Crippen LogP contribution in [0.1, 0.15) is 0 Å². The molecule has 33 heavy (non-hydrogen) atoms. The van der Waals surface area contributed by atoms with Crippen LogP contribution < -0.4 is 15.2 Å². The van der Waals surface area contributed by atoms with Crippen molar-refractivity contribution in [2.75, 3.05) is 11.1 Å². The number of benzene rings is 3. The predicted octanol–water partition coefficient (Wildman–Crippen LogP) is 2.50. The summed E-state index contributed by atoms with van der Waals surface area (Å²) >= 11 is 0. The second-order valence-electron chi connectivity index (χ2n) is 6.50. The lowest BCUT2D eigenvalue weighted by Crippen LogP contribution is -2.31. The number of rotatable bonds is 8. The first kappa shape index (κ1) is 23.6. The SMILES string of the molecule is Nc1ccc(Nc2ccc([N+](=O)[O-])cc2[N+](=O)[O-])cc1S(=O)(=O)NS(=O)(=O)c1ccccc1. The topological polar surface area (TPSA) is 205 Å². The Morgan fingerprint density at radius 1 is 0.788 bits per heavy atom. The van der Waals surface area contributed by atoms with Crippen molar-refractivity contribution in [2.45, 2.75) is 9.79 Å². The van der Waals surface area contributed by atoms with Gasteiger partial charge in [-0.25, -0.2) is 16.8 Å².